The fraction of sp³-hybridized carbons (Fsp3) is 0.267. The molecule has 0 aromatic heterocycles. The number of hydrogen-bond donors (Lipinski definition) is 1. The van der Waals surface area contributed by atoms with Gasteiger partial charge in [0, 0.05) is 24.1 Å². The molecule has 2 aliphatic rings. The lowest BCUT2D eigenvalue weighted by Crippen LogP contribution is -2.38. The molecule has 5 heteroatoms. The number of amides is 1. The predicted octanol–water partition coefficient (Wildman–Crippen LogP) is 6.31. The van der Waals surface area contributed by atoms with Gasteiger partial charge in [-0.25, -0.2) is 0 Å². The maximum Gasteiger partial charge on any atom is 0.227 e. The van der Waals surface area contributed by atoms with Crippen LogP contribution in [0.25, 0.3) is 0 Å². The van der Waals surface area contributed by atoms with Crippen molar-refractivity contribution < 1.29 is 14.3 Å². The lowest BCUT2D eigenvalue weighted by molar-refractivity contribution is -0.119. The van der Waals surface area contributed by atoms with Crippen LogP contribution in [0, 0.1) is 6.92 Å². The maximum atomic E-state index is 13.9. The van der Waals surface area contributed by atoms with Gasteiger partial charge >= 0.3 is 0 Å². The van der Waals surface area contributed by atoms with Crippen molar-refractivity contribution in [3.05, 3.63) is 101 Å². The number of anilines is 2. The molecular formula is C30H30N2O3. The number of carbonyl (C=O) groups is 2. The molecule has 5 nitrogen and oxygen atoms in total. The Labute approximate surface area is 206 Å². The first-order valence-electron chi connectivity index (χ1n) is 12.1. The molecule has 0 spiro atoms. The number of nitrogens with zero attached hydrogens (tertiary/aromatic N) is 1. The van der Waals surface area contributed by atoms with Crippen molar-refractivity contribution in [3.63, 3.8) is 0 Å². The molecule has 1 aliphatic heterocycles. The Morgan fingerprint density at radius 2 is 1.77 bits per heavy atom. The molecule has 178 valence electrons. The number of aryl methyl sites for hydroxylation is 1. The van der Waals surface area contributed by atoms with Crippen molar-refractivity contribution in [2.24, 2.45) is 0 Å². The topological polar surface area (TPSA) is 58.6 Å². The maximum absolute atomic E-state index is 13.9. The summed E-state index contributed by atoms with van der Waals surface area (Å²) in [5.41, 5.74) is 6.39. The Hall–Kier alpha value is -3.86. The van der Waals surface area contributed by atoms with Gasteiger partial charge in [0.15, 0.2) is 5.78 Å². The Bertz CT molecular complexity index is 1310. The van der Waals surface area contributed by atoms with Crippen LogP contribution in [0.15, 0.2) is 84.1 Å². The fourth-order valence-corrected chi connectivity index (χ4v) is 5.24. The van der Waals surface area contributed by atoms with Crippen LogP contribution in [0.2, 0.25) is 0 Å². The molecular weight excluding hydrogens is 436 g/mol. The summed E-state index contributed by atoms with van der Waals surface area (Å²) in [6.07, 6.45) is 1.44. The van der Waals surface area contributed by atoms with Gasteiger partial charge in [0.2, 0.25) is 5.91 Å². The van der Waals surface area contributed by atoms with E-state index >= 15 is 0 Å². The van der Waals surface area contributed by atoms with E-state index in [1.165, 1.54) is 5.56 Å². The van der Waals surface area contributed by atoms with Gasteiger partial charge in [0.1, 0.15) is 5.75 Å². The van der Waals surface area contributed by atoms with Crippen molar-refractivity contribution >= 4 is 23.1 Å². The average molecular weight is 467 g/mol. The highest BCUT2D eigenvalue weighted by Gasteiger charge is 2.41. The number of benzene rings is 3. The quantitative estimate of drug-likeness (QED) is 0.489. The summed E-state index contributed by atoms with van der Waals surface area (Å²) in [4.78, 5) is 29.2. The van der Waals surface area contributed by atoms with E-state index < -0.39 is 6.04 Å². The number of methoxy groups -OCH3 is 1. The molecule has 1 heterocycles. The molecule has 1 N–H and O–H groups in total. The van der Waals surface area contributed by atoms with E-state index in [1.807, 2.05) is 55.5 Å². The van der Waals surface area contributed by atoms with E-state index in [0.29, 0.717) is 30.6 Å². The Morgan fingerprint density at radius 3 is 2.51 bits per heavy atom. The molecule has 1 amide bonds. The first-order valence-corrected chi connectivity index (χ1v) is 12.1. The monoisotopic (exact) mass is 466 g/mol. The van der Waals surface area contributed by atoms with E-state index in [4.69, 9.17) is 4.74 Å². The molecule has 0 bridgehead atoms. The molecule has 2 atom stereocenters. The lowest BCUT2D eigenvalue weighted by atomic mass is 9.78. The molecule has 0 fully saturated rings. The summed E-state index contributed by atoms with van der Waals surface area (Å²) >= 11 is 0. The minimum Gasteiger partial charge on any atom is -0.497 e. The molecule has 0 unspecified atom stereocenters. The number of para-hydroxylation sites is 2. The third kappa shape index (κ3) is 4.23. The number of carbonyl (C=O) groups excluding carboxylic acids is 2. The molecule has 35 heavy (non-hydrogen) atoms. The van der Waals surface area contributed by atoms with Crippen molar-refractivity contribution in [1.29, 1.82) is 0 Å². The third-order valence-corrected chi connectivity index (χ3v) is 7.02. The van der Waals surface area contributed by atoms with Crippen molar-refractivity contribution in [3.8, 4) is 5.75 Å². The van der Waals surface area contributed by atoms with Gasteiger partial charge in [0.05, 0.1) is 24.5 Å². The number of allylic oxidation sites excluding steroid dienone is 1. The number of ketones is 1. The summed E-state index contributed by atoms with van der Waals surface area (Å²) < 4.78 is 5.50. The van der Waals surface area contributed by atoms with Gasteiger partial charge < -0.3 is 10.1 Å². The zero-order valence-corrected chi connectivity index (χ0v) is 20.4. The van der Waals surface area contributed by atoms with Crippen molar-refractivity contribution in [1.82, 2.24) is 0 Å². The van der Waals surface area contributed by atoms with Crippen LogP contribution in [0.3, 0.4) is 0 Å². The molecule has 0 radical (unpaired) electrons. The minimum absolute atomic E-state index is 0.0331. The van der Waals surface area contributed by atoms with Crippen LogP contribution in [0.4, 0.5) is 11.4 Å². The van der Waals surface area contributed by atoms with E-state index in [1.54, 1.807) is 12.0 Å². The summed E-state index contributed by atoms with van der Waals surface area (Å²) in [6.45, 7) is 3.93. The number of fused-ring (bicyclic) bond motifs is 1. The van der Waals surface area contributed by atoms with Gasteiger partial charge in [-0.1, -0.05) is 61.0 Å². The van der Waals surface area contributed by atoms with Crippen LogP contribution in [-0.2, 0) is 9.59 Å². The molecule has 1 aliphatic carbocycles. The van der Waals surface area contributed by atoms with Gasteiger partial charge in [-0.05, 0) is 54.7 Å². The number of hydrogen-bond acceptors (Lipinski definition) is 4. The molecule has 0 saturated heterocycles. The first kappa shape index (κ1) is 22.9. The van der Waals surface area contributed by atoms with Crippen LogP contribution >= 0.6 is 0 Å². The molecule has 5 rings (SSSR count). The molecule has 3 aromatic carbocycles. The SMILES string of the molecule is CCC(=O)N1c2ccccc2NC2=C(C(=O)C[C@H](c3ccc(C)cc3)C2)[C@H]1c1cccc(OC)c1. The third-order valence-electron chi connectivity index (χ3n) is 7.02. The van der Waals surface area contributed by atoms with E-state index in [9.17, 15) is 9.59 Å². The van der Waals surface area contributed by atoms with Crippen LogP contribution < -0.4 is 15.0 Å². The van der Waals surface area contributed by atoms with E-state index in [-0.39, 0.29) is 17.6 Å². The Kier molecular flexibility index (Phi) is 6.16. The van der Waals surface area contributed by atoms with Gasteiger partial charge in [-0.3, -0.25) is 14.5 Å². The van der Waals surface area contributed by atoms with Crippen molar-refractivity contribution in [2.45, 2.75) is 45.1 Å². The second-order valence-corrected chi connectivity index (χ2v) is 9.27. The Balaban J connectivity index is 1.70. The van der Waals surface area contributed by atoms with Crippen LogP contribution in [0.5, 0.6) is 5.75 Å². The predicted molar refractivity (Wildman–Crippen MR) is 139 cm³/mol. The zero-order valence-electron chi connectivity index (χ0n) is 20.4. The first-order chi connectivity index (χ1) is 17.0. The van der Waals surface area contributed by atoms with Gasteiger partial charge in [0.25, 0.3) is 0 Å². The summed E-state index contributed by atoms with van der Waals surface area (Å²) in [6, 6.07) is 23.4. The highest BCUT2D eigenvalue weighted by Crippen LogP contribution is 2.47. The molecule has 3 aromatic rings. The lowest BCUT2D eigenvalue weighted by Gasteiger charge is -2.35. The van der Waals surface area contributed by atoms with E-state index in [0.717, 1.165) is 28.2 Å². The van der Waals surface area contributed by atoms with Crippen LogP contribution in [0.1, 0.15) is 54.8 Å². The van der Waals surface area contributed by atoms with Crippen LogP contribution in [-0.4, -0.2) is 18.8 Å². The normalized spacial score (nSPS) is 19.4. The number of Topliss-reactive ketones (excluding diaryl/α,β-unsaturated/α-hetero) is 1. The fourth-order valence-electron chi connectivity index (χ4n) is 5.24. The smallest absolute Gasteiger partial charge is 0.227 e. The van der Waals surface area contributed by atoms with Gasteiger partial charge in [-0.2, -0.15) is 0 Å². The Morgan fingerprint density at radius 1 is 1.00 bits per heavy atom. The highest BCUT2D eigenvalue weighted by molar-refractivity contribution is 6.06. The minimum atomic E-state index is -0.532. The summed E-state index contributed by atoms with van der Waals surface area (Å²) in [5.74, 6) is 0.814. The summed E-state index contributed by atoms with van der Waals surface area (Å²) in [5, 5.41) is 3.57. The standard InChI is InChI=1S/C30H30N2O3/c1-4-28(34)32-26-11-6-5-10-24(26)31-25-17-22(20-14-12-19(2)13-15-20)18-27(33)29(25)30(32)21-8-7-9-23(16-21)35-3/h5-16,22,30-31H,4,17-18H2,1-3H3/t22-,30-/m1/s1. The number of ether oxygens (including phenoxy) is 1. The van der Waals surface area contributed by atoms with Crippen molar-refractivity contribution in [2.75, 3.05) is 17.3 Å². The largest absolute Gasteiger partial charge is 0.497 e. The molecule has 0 saturated carbocycles. The van der Waals surface area contributed by atoms with Gasteiger partial charge in [-0.15, -0.1) is 0 Å². The average Bonchev–Trinajstić information content (AvgIpc) is 3.03. The second kappa shape index (κ2) is 9.41. The summed E-state index contributed by atoms with van der Waals surface area (Å²) in [7, 11) is 1.63. The second-order valence-electron chi connectivity index (χ2n) is 9.27. The number of nitrogens with one attached hydrogen (secondary N) is 1. The highest BCUT2D eigenvalue weighted by atomic mass is 16.5. The zero-order chi connectivity index (χ0) is 24.5. The van der Waals surface area contributed by atoms with E-state index in [2.05, 4.69) is 36.5 Å². The number of rotatable bonds is 4.